The summed E-state index contributed by atoms with van der Waals surface area (Å²) in [6.07, 6.45) is 16.9. The Morgan fingerprint density at radius 2 is 1.09 bits per heavy atom. The minimum atomic E-state index is -3.86. The zero-order chi connectivity index (χ0) is 73.4. The molecule has 8 aliphatic rings. The van der Waals surface area contributed by atoms with E-state index in [1.807, 2.05) is 44.8 Å². The first-order chi connectivity index (χ1) is 49.1. The highest BCUT2D eigenvalue weighted by Gasteiger charge is 2.62. The standard InChI is InChI=1S/C36H45N7O7S.C27H33N5O5.C9H14N2O3S.CH4.ClH/c1-5-22-18-37-32-27-15-21(11-14-26(22)27)9-7-8-10-29-40-41-35(50-29)38-30(20(3)4)33(45)43-19-24(49-32)16-28(43)31(44)39-36(17-23(36)6-2)34(46)42-51(47,48)25-12-13-25;1-4-17-13-28-24-20-11-16(9-10-19(17)20)7-5-6-8-22-30-31-27(37-22)29-23(15(2)3)25(33)32-14-18(36-24)12-21(32)26(34)35;1-2-6-5-9(6,10)8(12)11-15(13,14)7-3-4-7;;/h6,11,14-15,18,20,23-25,28,30H,2,5,7-10,12-13,16-17,19H2,1,3-4H3,(H,38,41)(H,39,44)(H,42,46);9-11,13,15,18,21,23H,4-8,12,14H2,1-3H3,(H,29,31)(H,34,35);2,6-7H,1,3-5,10H2,(H,11,12);1H4;1H/t23-,24?,28+,30+,36?;18?,21-,23-;6-,9?;;/m101../s1. The Kier molecular flexibility index (Phi) is 24.1. The number of rotatable bonds is 15. The number of aliphatic carboxylic acids is 1. The fraction of sp³-hybridized carbons (Fsp3) is 0.562. The van der Waals surface area contributed by atoms with Gasteiger partial charge in [0.2, 0.25) is 61.3 Å². The number of nitrogens with zero attached hydrogens (tertiary/aromatic N) is 8. The summed E-state index contributed by atoms with van der Waals surface area (Å²) in [5.74, 6) is -2.87. The van der Waals surface area contributed by atoms with Crippen LogP contribution in [0.2, 0.25) is 0 Å². The van der Waals surface area contributed by atoms with Crippen LogP contribution in [0.4, 0.5) is 12.0 Å². The van der Waals surface area contributed by atoms with Crippen LogP contribution in [-0.4, -0.2) is 169 Å². The van der Waals surface area contributed by atoms with E-state index in [0.717, 1.165) is 89.6 Å². The first-order valence-electron chi connectivity index (χ1n) is 35.8. The zero-order valence-electron chi connectivity index (χ0n) is 59.3. The number of carbonyl (C=O) groups is 6. The van der Waals surface area contributed by atoms with E-state index in [2.05, 4.69) is 109 Å². The van der Waals surface area contributed by atoms with Crippen molar-refractivity contribution in [3.05, 3.63) is 108 Å². The van der Waals surface area contributed by atoms with Gasteiger partial charge in [-0.3, -0.25) is 33.4 Å². The number of halogens is 1. The second kappa shape index (κ2) is 32.1. The van der Waals surface area contributed by atoms with Crippen LogP contribution in [0.5, 0.6) is 11.8 Å². The van der Waals surface area contributed by atoms with Crippen LogP contribution in [0.15, 0.2) is 82.9 Å². The highest BCUT2D eigenvalue weighted by molar-refractivity contribution is 7.91. The van der Waals surface area contributed by atoms with Crippen molar-refractivity contribution in [3.8, 4) is 11.8 Å². The van der Waals surface area contributed by atoms with Gasteiger partial charge in [-0.1, -0.05) is 95.6 Å². The van der Waals surface area contributed by atoms with Crippen molar-refractivity contribution in [2.45, 2.75) is 222 Å². The SMILES string of the molecule is C.C=C[C@@H]1CC1(N)C(=O)NS(=O)(=O)C1CC1.C=C[C@@H]1CC1(NC(=O)[C@@H]1CC2CN1C(=O)[C@H](C(C)C)Nc1nnc(o1)CCCCc1ccc3c(CC)cnc(c3c1)O2)C(=O)NS(=O)(=O)C1CC1.CCc1cnc2c3cc(ccc13)CCCCc1nnc(o1)N[C@@H](C(C)C)C(=O)N1CC(C[C@H]1C(=O)O)O2.Cl. The van der Waals surface area contributed by atoms with Crippen LogP contribution in [0.25, 0.3) is 21.5 Å². The van der Waals surface area contributed by atoms with Crippen molar-refractivity contribution in [3.63, 3.8) is 0 Å². The maximum atomic E-state index is 14.4. The Hall–Kier alpha value is -8.81. The number of amides is 5. The number of fused-ring (bicyclic) bond motifs is 10. The smallest absolute Gasteiger partial charge is 0.326 e. The number of ether oxygens (including phenoxy) is 2. The van der Waals surface area contributed by atoms with Gasteiger partial charge in [-0.25, -0.2) is 31.6 Å². The fourth-order valence-corrected chi connectivity index (χ4v) is 16.7. The molecule has 4 aromatic heterocycles. The van der Waals surface area contributed by atoms with Gasteiger partial charge < -0.3 is 54.9 Å². The zero-order valence-corrected chi connectivity index (χ0v) is 61.8. The highest BCUT2D eigenvalue weighted by Crippen LogP contribution is 2.46. The van der Waals surface area contributed by atoms with Crippen LogP contribution in [0, 0.1) is 23.7 Å². The van der Waals surface area contributed by atoms with Crippen LogP contribution in [0.1, 0.15) is 160 Å². The molecule has 4 unspecified atom stereocenters. The van der Waals surface area contributed by atoms with Crippen LogP contribution in [-0.2, 0) is 87.3 Å². The summed E-state index contributed by atoms with van der Waals surface area (Å²) in [5.41, 5.74) is 7.68. The third kappa shape index (κ3) is 17.4. The summed E-state index contributed by atoms with van der Waals surface area (Å²) in [5, 5.41) is 38.4. The minimum Gasteiger partial charge on any atom is -0.480 e. The summed E-state index contributed by atoms with van der Waals surface area (Å²) in [6, 6.07) is 9.37. The van der Waals surface area contributed by atoms with Crippen LogP contribution < -0.4 is 40.6 Å². The Morgan fingerprint density at radius 1 is 0.648 bits per heavy atom. The van der Waals surface area contributed by atoms with E-state index in [1.165, 1.54) is 21.4 Å². The quantitative estimate of drug-likeness (QED) is 0.0492. The van der Waals surface area contributed by atoms with Gasteiger partial charge >= 0.3 is 18.0 Å². The molecule has 105 heavy (non-hydrogen) atoms. The first-order valence-corrected chi connectivity index (χ1v) is 38.9. The summed E-state index contributed by atoms with van der Waals surface area (Å²) >= 11 is 0. The Balaban J connectivity index is 0.000000190. The van der Waals surface area contributed by atoms with Crippen LogP contribution in [0.3, 0.4) is 0 Å². The van der Waals surface area contributed by atoms with Crippen molar-refractivity contribution < 1.29 is 69.0 Å². The van der Waals surface area contributed by atoms with Gasteiger partial charge in [0.25, 0.3) is 11.8 Å². The number of aromatic nitrogens is 6. The van der Waals surface area contributed by atoms with Gasteiger partial charge in [-0.2, -0.15) is 0 Å². The van der Waals surface area contributed by atoms with Gasteiger partial charge in [0.05, 0.1) is 23.6 Å². The maximum Gasteiger partial charge on any atom is 0.326 e. The lowest BCUT2D eigenvalue weighted by Gasteiger charge is -2.30. The van der Waals surface area contributed by atoms with Gasteiger partial charge in [-0.05, 0) is 147 Å². The molecular weight excluding hydrogens is 1410 g/mol. The number of sulfonamides is 2. The summed E-state index contributed by atoms with van der Waals surface area (Å²) in [4.78, 5) is 91.7. The molecule has 0 radical (unpaired) electrons. The fourth-order valence-electron chi connectivity index (χ4n) is 14.0. The number of benzene rings is 2. The molecule has 6 fully saturated rings. The lowest BCUT2D eigenvalue weighted by atomic mass is 10.00. The molecule has 2 aromatic carbocycles. The predicted octanol–water partition coefficient (Wildman–Crippen LogP) is 7.40. The minimum absolute atomic E-state index is 0. The number of nitrogens with one attached hydrogen (secondary N) is 5. The van der Waals surface area contributed by atoms with E-state index >= 15 is 0 Å². The number of carboxylic acids is 1. The molecule has 4 aliphatic carbocycles. The molecule has 2 saturated heterocycles. The lowest BCUT2D eigenvalue weighted by Crippen LogP contribution is -2.58. The number of aryl methyl sites for hydroxylation is 6. The Morgan fingerprint density at radius 3 is 1.50 bits per heavy atom. The lowest BCUT2D eigenvalue weighted by molar-refractivity contribution is -0.148. The molecule has 0 spiro atoms. The highest BCUT2D eigenvalue weighted by atomic mass is 35.5. The second-order valence-electron chi connectivity index (χ2n) is 29.0. The van der Waals surface area contributed by atoms with Gasteiger partial charge in [0, 0.05) is 60.7 Å². The molecular formula is C73H97ClN14O15S2. The molecule has 4 aliphatic heterocycles. The summed E-state index contributed by atoms with van der Waals surface area (Å²) < 4.78 is 77.1. The van der Waals surface area contributed by atoms with E-state index < -0.39 is 108 Å². The van der Waals surface area contributed by atoms with Crippen molar-refractivity contribution >= 4 is 102 Å². The molecule has 12 bridgehead atoms. The molecule has 14 rings (SSSR count). The monoisotopic (exact) mass is 1510 g/mol. The summed E-state index contributed by atoms with van der Waals surface area (Å²) in [6.45, 7) is 19.2. The predicted molar refractivity (Wildman–Crippen MR) is 394 cm³/mol. The summed E-state index contributed by atoms with van der Waals surface area (Å²) in [7, 11) is -7.34. The Labute approximate surface area is 617 Å². The molecule has 568 valence electrons. The Bertz CT molecular complexity index is 4510. The second-order valence-corrected chi connectivity index (χ2v) is 33.0. The van der Waals surface area contributed by atoms with E-state index in [4.69, 9.17) is 29.0 Å². The third-order valence-electron chi connectivity index (χ3n) is 20.8. The van der Waals surface area contributed by atoms with E-state index in [0.29, 0.717) is 68.5 Å². The van der Waals surface area contributed by atoms with Gasteiger partial charge in [0.15, 0.2) is 0 Å². The average molecular weight is 1510 g/mol. The molecule has 10 atom stereocenters. The molecule has 8 N–H and O–H groups in total. The van der Waals surface area contributed by atoms with Crippen LogP contribution >= 0.6 is 12.4 Å². The van der Waals surface area contributed by atoms with E-state index in [1.54, 1.807) is 6.08 Å². The average Bonchev–Trinajstić information content (AvgIpc) is 1.63. The molecule has 32 heteroatoms. The number of carbonyl (C=O) groups excluding carboxylic acids is 5. The van der Waals surface area contributed by atoms with Gasteiger partial charge in [0.1, 0.15) is 47.5 Å². The first kappa shape index (κ1) is 78.8. The van der Waals surface area contributed by atoms with Crippen molar-refractivity contribution in [2.24, 2.45) is 29.4 Å². The number of hydrogen-bond acceptors (Lipinski definition) is 23. The topological polar surface area (TPSA) is 406 Å². The number of pyridine rings is 2. The molecule has 8 heterocycles. The number of hydrogen-bond donors (Lipinski definition) is 7. The van der Waals surface area contributed by atoms with Crippen molar-refractivity contribution in [2.75, 3.05) is 23.7 Å². The molecule has 6 aromatic rings. The van der Waals surface area contributed by atoms with Crippen molar-refractivity contribution in [1.82, 2.24) is 54.9 Å². The maximum absolute atomic E-state index is 14.4. The number of nitrogens with two attached hydrogens (primary N) is 1. The largest absolute Gasteiger partial charge is 0.480 e. The molecule has 4 saturated carbocycles. The van der Waals surface area contributed by atoms with E-state index in [-0.39, 0.29) is 93.8 Å². The normalized spacial score (nSPS) is 25.8. The van der Waals surface area contributed by atoms with Crippen molar-refractivity contribution in [1.29, 1.82) is 0 Å². The van der Waals surface area contributed by atoms with Gasteiger partial charge in [-0.15, -0.1) is 35.8 Å². The van der Waals surface area contributed by atoms with E-state index in [9.17, 15) is 50.7 Å². The number of carboxylic acid groups (broad SMARTS) is 1. The molecule has 5 amide bonds. The number of anilines is 2. The molecule has 29 nitrogen and oxygen atoms in total. The third-order valence-corrected chi connectivity index (χ3v) is 24.4.